The zero-order valence-electron chi connectivity index (χ0n) is 10.9. The SMILES string of the molecule is COCCC(=O)c1c(C(=O)OC)cc2ccccn12. The van der Waals surface area contributed by atoms with Gasteiger partial charge in [-0.3, -0.25) is 4.79 Å². The maximum atomic E-state index is 12.2. The minimum Gasteiger partial charge on any atom is -0.465 e. The molecule has 0 saturated carbocycles. The van der Waals surface area contributed by atoms with Crippen molar-refractivity contribution in [2.75, 3.05) is 20.8 Å². The van der Waals surface area contributed by atoms with Crippen LogP contribution in [0.5, 0.6) is 0 Å². The molecule has 2 heterocycles. The number of pyridine rings is 1. The molecule has 5 nitrogen and oxygen atoms in total. The van der Waals surface area contributed by atoms with Gasteiger partial charge < -0.3 is 13.9 Å². The van der Waals surface area contributed by atoms with Gasteiger partial charge in [-0.15, -0.1) is 0 Å². The summed E-state index contributed by atoms with van der Waals surface area (Å²) in [6, 6.07) is 7.15. The summed E-state index contributed by atoms with van der Waals surface area (Å²) in [5, 5.41) is 0. The second-order valence-corrected chi connectivity index (χ2v) is 4.06. The number of nitrogens with zero attached hydrogens (tertiary/aromatic N) is 1. The Labute approximate surface area is 110 Å². The van der Waals surface area contributed by atoms with Crippen molar-refractivity contribution in [2.24, 2.45) is 0 Å². The first-order valence-corrected chi connectivity index (χ1v) is 5.89. The van der Waals surface area contributed by atoms with E-state index in [1.807, 2.05) is 12.1 Å². The maximum absolute atomic E-state index is 12.2. The Hall–Kier alpha value is -2.14. The van der Waals surface area contributed by atoms with Gasteiger partial charge in [-0.1, -0.05) is 6.07 Å². The molecule has 0 N–H and O–H groups in total. The van der Waals surface area contributed by atoms with Gasteiger partial charge in [-0.05, 0) is 18.2 Å². The van der Waals surface area contributed by atoms with Crippen LogP contribution in [0.2, 0.25) is 0 Å². The molecule has 0 bridgehead atoms. The molecule has 2 rings (SSSR count). The predicted molar refractivity (Wildman–Crippen MR) is 69.6 cm³/mol. The van der Waals surface area contributed by atoms with Crippen LogP contribution in [0.4, 0.5) is 0 Å². The lowest BCUT2D eigenvalue weighted by atomic mass is 10.1. The summed E-state index contributed by atoms with van der Waals surface area (Å²) >= 11 is 0. The van der Waals surface area contributed by atoms with Crippen LogP contribution in [-0.2, 0) is 9.47 Å². The fourth-order valence-electron chi connectivity index (χ4n) is 1.99. The zero-order chi connectivity index (χ0) is 13.8. The van der Waals surface area contributed by atoms with Gasteiger partial charge in [-0.25, -0.2) is 4.79 Å². The van der Waals surface area contributed by atoms with Crippen LogP contribution in [0.1, 0.15) is 27.3 Å². The molecule has 0 amide bonds. The quantitative estimate of drug-likeness (QED) is 0.609. The predicted octanol–water partition coefficient (Wildman–Crippen LogP) is 1.95. The van der Waals surface area contributed by atoms with Gasteiger partial charge >= 0.3 is 5.97 Å². The lowest BCUT2D eigenvalue weighted by Gasteiger charge is -2.04. The molecule has 0 spiro atoms. The van der Waals surface area contributed by atoms with Crippen molar-refractivity contribution >= 4 is 17.3 Å². The van der Waals surface area contributed by atoms with Crippen molar-refractivity contribution in [2.45, 2.75) is 6.42 Å². The normalized spacial score (nSPS) is 10.6. The summed E-state index contributed by atoms with van der Waals surface area (Å²) < 4.78 is 11.3. The summed E-state index contributed by atoms with van der Waals surface area (Å²) in [5.74, 6) is -0.655. The number of hydrogen-bond donors (Lipinski definition) is 0. The number of hydrogen-bond acceptors (Lipinski definition) is 4. The minimum atomic E-state index is -0.510. The van der Waals surface area contributed by atoms with Crippen molar-refractivity contribution < 1.29 is 19.1 Å². The van der Waals surface area contributed by atoms with E-state index in [9.17, 15) is 9.59 Å². The van der Waals surface area contributed by atoms with Gasteiger partial charge in [0.05, 0.1) is 19.3 Å². The van der Waals surface area contributed by atoms with Gasteiger partial charge in [0.1, 0.15) is 5.69 Å². The molecule has 0 saturated heterocycles. The smallest absolute Gasteiger partial charge is 0.340 e. The number of carbonyl (C=O) groups excluding carboxylic acids is 2. The molecule has 0 aromatic carbocycles. The molecule has 100 valence electrons. The van der Waals surface area contributed by atoms with Crippen LogP contribution in [0.25, 0.3) is 5.52 Å². The Kier molecular flexibility index (Phi) is 3.97. The highest BCUT2D eigenvalue weighted by atomic mass is 16.5. The Bertz CT molecular complexity index is 615. The molecule has 0 radical (unpaired) electrons. The number of esters is 1. The number of aromatic nitrogens is 1. The number of Topliss-reactive ketones (excluding diaryl/α,β-unsaturated/α-hetero) is 1. The Balaban J connectivity index is 2.54. The Morgan fingerprint density at radius 1 is 1.26 bits per heavy atom. The van der Waals surface area contributed by atoms with Crippen molar-refractivity contribution in [3.05, 3.63) is 41.7 Å². The van der Waals surface area contributed by atoms with Crippen LogP contribution in [0, 0.1) is 0 Å². The highest BCUT2D eigenvalue weighted by Gasteiger charge is 2.22. The summed E-state index contributed by atoms with van der Waals surface area (Å²) in [4.78, 5) is 24.0. The molecule has 0 aliphatic rings. The second-order valence-electron chi connectivity index (χ2n) is 4.06. The molecule has 2 aromatic rings. The van der Waals surface area contributed by atoms with Gasteiger partial charge in [0.15, 0.2) is 5.78 Å². The zero-order valence-corrected chi connectivity index (χ0v) is 10.9. The van der Waals surface area contributed by atoms with Crippen molar-refractivity contribution in [1.29, 1.82) is 0 Å². The standard InChI is InChI=1S/C14H15NO4/c1-18-8-6-12(16)13-11(14(17)19-2)9-10-5-3-4-7-15(10)13/h3-5,7,9H,6,8H2,1-2H3. The highest BCUT2D eigenvalue weighted by Crippen LogP contribution is 2.19. The number of fused-ring (bicyclic) bond motifs is 1. The maximum Gasteiger partial charge on any atom is 0.340 e. The molecule has 0 atom stereocenters. The number of ether oxygens (including phenoxy) is 2. The second kappa shape index (κ2) is 5.67. The number of ketones is 1. The van der Waals surface area contributed by atoms with Gasteiger partial charge in [0.25, 0.3) is 0 Å². The van der Waals surface area contributed by atoms with E-state index in [-0.39, 0.29) is 17.8 Å². The summed E-state index contributed by atoms with van der Waals surface area (Å²) in [6.45, 7) is 0.319. The summed E-state index contributed by atoms with van der Waals surface area (Å²) in [7, 11) is 2.83. The minimum absolute atomic E-state index is 0.145. The lowest BCUT2D eigenvalue weighted by molar-refractivity contribution is 0.0596. The van der Waals surface area contributed by atoms with Crippen molar-refractivity contribution in [3.63, 3.8) is 0 Å². The molecule has 2 aromatic heterocycles. The van der Waals surface area contributed by atoms with E-state index >= 15 is 0 Å². The molecule has 19 heavy (non-hydrogen) atoms. The Morgan fingerprint density at radius 3 is 2.74 bits per heavy atom. The number of rotatable bonds is 5. The van der Waals surface area contributed by atoms with E-state index in [2.05, 4.69) is 0 Å². The van der Waals surface area contributed by atoms with Crippen LogP contribution >= 0.6 is 0 Å². The van der Waals surface area contributed by atoms with Gasteiger partial charge in [0, 0.05) is 25.2 Å². The molecular formula is C14H15NO4. The first kappa shape index (κ1) is 13.3. The van der Waals surface area contributed by atoms with E-state index in [0.29, 0.717) is 12.3 Å². The van der Waals surface area contributed by atoms with Crippen LogP contribution in [0.3, 0.4) is 0 Å². The molecule has 0 aliphatic carbocycles. The monoisotopic (exact) mass is 261 g/mol. The largest absolute Gasteiger partial charge is 0.465 e. The Morgan fingerprint density at radius 2 is 2.05 bits per heavy atom. The third-order valence-corrected chi connectivity index (χ3v) is 2.88. The van der Waals surface area contributed by atoms with Crippen LogP contribution in [0.15, 0.2) is 30.5 Å². The van der Waals surface area contributed by atoms with Crippen molar-refractivity contribution in [3.8, 4) is 0 Å². The third kappa shape index (κ3) is 2.51. The van der Waals surface area contributed by atoms with Gasteiger partial charge in [0.2, 0.25) is 0 Å². The highest BCUT2D eigenvalue weighted by molar-refractivity contribution is 6.07. The molecule has 5 heteroatoms. The van der Waals surface area contributed by atoms with E-state index in [4.69, 9.17) is 9.47 Å². The van der Waals surface area contributed by atoms with E-state index < -0.39 is 5.97 Å². The lowest BCUT2D eigenvalue weighted by Crippen LogP contribution is -2.12. The molecule has 0 fully saturated rings. The van der Waals surface area contributed by atoms with E-state index in [0.717, 1.165) is 5.52 Å². The fraction of sp³-hybridized carbons (Fsp3) is 0.286. The number of carbonyl (C=O) groups is 2. The first-order chi connectivity index (χ1) is 9.19. The molecule has 0 unspecified atom stereocenters. The van der Waals surface area contributed by atoms with Crippen LogP contribution in [-0.4, -0.2) is 37.0 Å². The molecule has 0 aliphatic heterocycles. The topological polar surface area (TPSA) is 57.0 Å². The average Bonchev–Trinajstić information content (AvgIpc) is 2.83. The van der Waals surface area contributed by atoms with E-state index in [1.54, 1.807) is 22.7 Å². The molecular weight excluding hydrogens is 246 g/mol. The average molecular weight is 261 g/mol. The summed E-state index contributed by atoms with van der Waals surface area (Å²) in [5.41, 5.74) is 1.41. The van der Waals surface area contributed by atoms with Gasteiger partial charge in [-0.2, -0.15) is 0 Å². The third-order valence-electron chi connectivity index (χ3n) is 2.88. The van der Waals surface area contributed by atoms with Crippen LogP contribution < -0.4 is 0 Å². The summed E-state index contributed by atoms with van der Waals surface area (Å²) in [6.07, 6.45) is 1.98. The number of methoxy groups -OCH3 is 2. The first-order valence-electron chi connectivity index (χ1n) is 5.89. The van der Waals surface area contributed by atoms with Crippen molar-refractivity contribution in [1.82, 2.24) is 4.40 Å². The van der Waals surface area contributed by atoms with E-state index in [1.165, 1.54) is 14.2 Å². The fourth-order valence-corrected chi connectivity index (χ4v) is 1.99.